The third kappa shape index (κ3) is 3.68. The number of thiazole rings is 1. The average molecular weight is 322 g/mol. The molecule has 1 saturated heterocycles. The summed E-state index contributed by atoms with van der Waals surface area (Å²) < 4.78 is 23.5. The molecule has 1 fully saturated rings. The van der Waals surface area contributed by atoms with Crippen molar-refractivity contribution in [3.8, 4) is 0 Å². The van der Waals surface area contributed by atoms with Gasteiger partial charge in [0.05, 0.1) is 5.69 Å². The predicted molar refractivity (Wildman–Crippen MR) is 75.4 cm³/mol. The molecule has 2 heterocycles. The van der Waals surface area contributed by atoms with E-state index in [1.165, 1.54) is 6.26 Å². The van der Waals surface area contributed by atoms with E-state index in [0.29, 0.717) is 24.5 Å². The standard InChI is InChI=1S/C10H14N2O4S3/c1-19(15,16)8-6-17-3-2-12(8)4-7-5-18-9(11-7)10(13)14/h5,8H,2-4,6H2,1H3,(H,13,14). The number of thioether (sulfide) groups is 1. The number of hydrogen-bond donors (Lipinski definition) is 1. The van der Waals surface area contributed by atoms with Gasteiger partial charge in [-0.25, -0.2) is 18.2 Å². The van der Waals surface area contributed by atoms with Gasteiger partial charge in [-0.05, 0) is 0 Å². The van der Waals surface area contributed by atoms with E-state index in [0.717, 1.165) is 17.1 Å². The molecule has 1 unspecified atom stereocenters. The molecule has 1 aromatic rings. The van der Waals surface area contributed by atoms with Crippen LogP contribution in [0.5, 0.6) is 0 Å². The second kappa shape index (κ2) is 5.78. The van der Waals surface area contributed by atoms with Crippen LogP contribution in [-0.2, 0) is 16.4 Å². The Hall–Kier alpha value is -0.640. The number of aromatic nitrogens is 1. The van der Waals surface area contributed by atoms with Gasteiger partial charge in [-0.3, -0.25) is 4.90 Å². The van der Waals surface area contributed by atoms with E-state index in [-0.39, 0.29) is 5.01 Å². The predicted octanol–water partition coefficient (Wildman–Crippen LogP) is 0.761. The highest BCUT2D eigenvalue weighted by molar-refractivity contribution is 8.00. The van der Waals surface area contributed by atoms with Crippen LogP contribution in [0.25, 0.3) is 0 Å². The average Bonchev–Trinajstić information content (AvgIpc) is 2.77. The molecule has 2 rings (SSSR count). The molecular weight excluding hydrogens is 308 g/mol. The smallest absolute Gasteiger partial charge is 0.365 e. The van der Waals surface area contributed by atoms with Crippen LogP contribution < -0.4 is 0 Å². The number of rotatable bonds is 4. The quantitative estimate of drug-likeness (QED) is 0.875. The topological polar surface area (TPSA) is 87.6 Å². The maximum absolute atomic E-state index is 11.7. The van der Waals surface area contributed by atoms with Crippen LogP contribution in [0.3, 0.4) is 0 Å². The minimum absolute atomic E-state index is 0.0392. The zero-order chi connectivity index (χ0) is 14.0. The van der Waals surface area contributed by atoms with Crippen LogP contribution in [0, 0.1) is 0 Å². The van der Waals surface area contributed by atoms with Gasteiger partial charge in [0.2, 0.25) is 5.01 Å². The Morgan fingerprint density at radius 1 is 1.63 bits per heavy atom. The van der Waals surface area contributed by atoms with E-state index in [4.69, 9.17) is 5.11 Å². The van der Waals surface area contributed by atoms with E-state index in [1.807, 2.05) is 4.90 Å². The number of carboxylic acid groups (broad SMARTS) is 1. The summed E-state index contributed by atoms with van der Waals surface area (Å²) in [4.78, 5) is 16.6. The lowest BCUT2D eigenvalue weighted by Crippen LogP contribution is -2.46. The maximum Gasteiger partial charge on any atom is 0.365 e. The van der Waals surface area contributed by atoms with Gasteiger partial charge in [0.25, 0.3) is 0 Å². The highest BCUT2D eigenvalue weighted by atomic mass is 32.2. The van der Waals surface area contributed by atoms with Gasteiger partial charge in [-0.1, -0.05) is 0 Å². The fourth-order valence-electron chi connectivity index (χ4n) is 1.88. The van der Waals surface area contributed by atoms with Crippen molar-refractivity contribution in [2.24, 2.45) is 0 Å². The number of carbonyl (C=O) groups is 1. The van der Waals surface area contributed by atoms with Crippen molar-refractivity contribution in [1.29, 1.82) is 0 Å². The second-order valence-electron chi connectivity index (χ2n) is 4.28. The Kier molecular flexibility index (Phi) is 4.49. The van der Waals surface area contributed by atoms with Crippen molar-refractivity contribution < 1.29 is 18.3 Å². The second-order valence-corrected chi connectivity index (χ2v) is 8.49. The third-order valence-corrected chi connectivity index (χ3v) is 6.35. The molecular formula is C10H14N2O4S3. The highest BCUT2D eigenvalue weighted by Gasteiger charge is 2.31. The number of sulfone groups is 1. The maximum atomic E-state index is 11.7. The molecule has 1 aliphatic rings. The zero-order valence-corrected chi connectivity index (χ0v) is 12.7. The van der Waals surface area contributed by atoms with Gasteiger partial charge in [-0.15, -0.1) is 11.3 Å². The van der Waals surface area contributed by atoms with Crippen LogP contribution in [0.15, 0.2) is 5.38 Å². The van der Waals surface area contributed by atoms with Crippen molar-refractivity contribution in [2.75, 3.05) is 24.3 Å². The van der Waals surface area contributed by atoms with Gasteiger partial charge in [-0.2, -0.15) is 11.8 Å². The summed E-state index contributed by atoms with van der Waals surface area (Å²) in [5, 5.41) is 10.0. The van der Waals surface area contributed by atoms with Crippen molar-refractivity contribution in [2.45, 2.75) is 11.9 Å². The molecule has 0 radical (unpaired) electrons. The molecule has 6 nitrogen and oxygen atoms in total. The molecule has 0 spiro atoms. The molecule has 19 heavy (non-hydrogen) atoms. The fraction of sp³-hybridized carbons (Fsp3) is 0.600. The lowest BCUT2D eigenvalue weighted by molar-refractivity contribution is 0.0696. The Balaban J connectivity index is 2.13. The molecule has 106 valence electrons. The first-order valence-electron chi connectivity index (χ1n) is 5.56. The summed E-state index contributed by atoms with van der Waals surface area (Å²) in [6.07, 6.45) is 1.24. The highest BCUT2D eigenvalue weighted by Crippen LogP contribution is 2.23. The zero-order valence-electron chi connectivity index (χ0n) is 10.3. The van der Waals surface area contributed by atoms with Crippen molar-refractivity contribution >= 4 is 38.9 Å². The third-order valence-electron chi connectivity index (χ3n) is 2.78. The van der Waals surface area contributed by atoms with Gasteiger partial charge in [0, 0.05) is 36.2 Å². The number of nitrogens with zero attached hydrogens (tertiary/aromatic N) is 2. The van der Waals surface area contributed by atoms with Crippen LogP contribution in [0.1, 0.15) is 15.5 Å². The van der Waals surface area contributed by atoms with Gasteiger partial charge >= 0.3 is 5.97 Å². The number of hydrogen-bond acceptors (Lipinski definition) is 7. The van der Waals surface area contributed by atoms with Gasteiger partial charge < -0.3 is 5.11 Å². The summed E-state index contributed by atoms with van der Waals surface area (Å²) in [5.74, 6) is 0.376. The van der Waals surface area contributed by atoms with E-state index in [9.17, 15) is 13.2 Å². The molecule has 1 N–H and O–H groups in total. The largest absolute Gasteiger partial charge is 0.476 e. The lowest BCUT2D eigenvalue weighted by Gasteiger charge is -2.33. The minimum Gasteiger partial charge on any atom is -0.476 e. The summed E-state index contributed by atoms with van der Waals surface area (Å²) in [7, 11) is -3.14. The normalized spacial score (nSPS) is 21.4. The van der Waals surface area contributed by atoms with E-state index in [2.05, 4.69) is 4.98 Å². The van der Waals surface area contributed by atoms with Crippen LogP contribution >= 0.6 is 23.1 Å². The Labute approximate surface area is 119 Å². The van der Waals surface area contributed by atoms with Crippen LogP contribution in [-0.4, -0.2) is 59.1 Å². The fourth-order valence-corrected chi connectivity index (χ4v) is 5.46. The first-order chi connectivity index (χ1) is 8.88. The summed E-state index contributed by atoms with van der Waals surface area (Å²) >= 11 is 2.68. The summed E-state index contributed by atoms with van der Waals surface area (Å²) in [6, 6.07) is 0. The molecule has 0 aliphatic carbocycles. The Morgan fingerprint density at radius 3 is 2.95 bits per heavy atom. The Morgan fingerprint density at radius 2 is 2.37 bits per heavy atom. The molecule has 9 heteroatoms. The molecule has 0 saturated carbocycles. The lowest BCUT2D eigenvalue weighted by atomic mass is 10.4. The van der Waals surface area contributed by atoms with Crippen molar-refractivity contribution in [3.63, 3.8) is 0 Å². The molecule has 0 bridgehead atoms. The molecule has 0 aromatic carbocycles. The van der Waals surface area contributed by atoms with E-state index in [1.54, 1.807) is 17.1 Å². The van der Waals surface area contributed by atoms with Crippen molar-refractivity contribution in [1.82, 2.24) is 9.88 Å². The molecule has 1 aliphatic heterocycles. The molecule has 1 aromatic heterocycles. The molecule has 0 amide bonds. The molecule has 1 atom stereocenters. The van der Waals surface area contributed by atoms with Crippen LogP contribution in [0.4, 0.5) is 0 Å². The number of carboxylic acids is 1. The minimum atomic E-state index is -3.14. The Bertz CT molecular complexity index is 569. The SMILES string of the molecule is CS(=O)(=O)C1CSCCN1Cc1csc(C(=O)O)n1. The first-order valence-corrected chi connectivity index (χ1v) is 9.55. The summed E-state index contributed by atoms with van der Waals surface area (Å²) in [6.45, 7) is 1.05. The van der Waals surface area contributed by atoms with Crippen molar-refractivity contribution in [3.05, 3.63) is 16.1 Å². The van der Waals surface area contributed by atoms with Gasteiger partial charge in [0.1, 0.15) is 5.37 Å². The van der Waals surface area contributed by atoms with E-state index >= 15 is 0 Å². The monoisotopic (exact) mass is 322 g/mol. The van der Waals surface area contributed by atoms with Gasteiger partial charge in [0.15, 0.2) is 9.84 Å². The van der Waals surface area contributed by atoms with Crippen LogP contribution in [0.2, 0.25) is 0 Å². The number of aromatic carboxylic acids is 1. The van der Waals surface area contributed by atoms with E-state index < -0.39 is 21.2 Å². The summed E-state index contributed by atoms with van der Waals surface area (Å²) in [5.41, 5.74) is 0.614. The first kappa shape index (κ1) is 14.8.